The third-order valence-electron chi connectivity index (χ3n) is 5.22. The lowest BCUT2D eigenvalue weighted by atomic mass is 10.1. The summed E-state index contributed by atoms with van der Waals surface area (Å²) in [6.45, 7) is 4.18. The molecule has 0 aliphatic carbocycles. The molecule has 0 saturated carbocycles. The van der Waals surface area contributed by atoms with Gasteiger partial charge in [0.2, 0.25) is 5.88 Å². The number of fused-ring (bicyclic) bond motifs is 1. The van der Waals surface area contributed by atoms with Crippen molar-refractivity contribution in [3.8, 4) is 28.9 Å². The first-order valence-corrected chi connectivity index (χ1v) is 11.5. The fourth-order valence-electron chi connectivity index (χ4n) is 3.54. The number of halogens is 1. The zero-order valence-electron chi connectivity index (χ0n) is 20.7. The number of aromatic nitrogens is 3. The molecule has 36 heavy (non-hydrogen) atoms. The Hall–Kier alpha value is -3.98. The Morgan fingerprint density at radius 3 is 2.42 bits per heavy atom. The molecule has 0 amide bonds. The first-order chi connectivity index (χ1) is 17.4. The lowest BCUT2D eigenvalue weighted by molar-refractivity contribution is 0.242. The largest absolute Gasteiger partial charge is 0.497 e. The van der Waals surface area contributed by atoms with E-state index in [4.69, 9.17) is 35.3 Å². The molecule has 188 valence electrons. The van der Waals surface area contributed by atoms with E-state index in [2.05, 4.69) is 20.3 Å². The minimum absolute atomic E-state index is 0.0946. The fraction of sp³-hybridized carbons (Fsp3) is 0.269. The van der Waals surface area contributed by atoms with Crippen molar-refractivity contribution in [1.29, 1.82) is 0 Å². The number of pyridine rings is 1. The van der Waals surface area contributed by atoms with Crippen LogP contribution in [0, 0.1) is 0 Å². The number of methoxy groups -OCH3 is 3. The molecule has 4 aromatic rings. The Balaban J connectivity index is 1.70. The second-order valence-corrected chi connectivity index (χ2v) is 8.41. The molecule has 4 rings (SSSR count). The van der Waals surface area contributed by atoms with Gasteiger partial charge in [0.1, 0.15) is 41.8 Å². The van der Waals surface area contributed by atoms with Crippen molar-refractivity contribution in [1.82, 2.24) is 15.0 Å². The molecule has 10 heteroatoms. The number of benzene rings is 2. The highest BCUT2D eigenvalue weighted by Gasteiger charge is 2.16. The fourth-order valence-corrected chi connectivity index (χ4v) is 3.69. The number of nitrogens with zero attached hydrogens (tertiary/aromatic N) is 3. The Kier molecular flexibility index (Phi) is 7.80. The summed E-state index contributed by atoms with van der Waals surface area (Å²) >= 11 is 6.35. The van der Waals surface area contributed by atoms with Crippen molar-refractivity contribution < 1.29 is 23.7 Å². The summed E-state index contributed by atoms with van der Waals surface area (Å²) in [5, 5.41) is 4.36. The van der Waals surface area contributed by atoms with E-state index in [9.17, 15) is 0 Å². The minimum atomic E-state index is -0.0946. The minimum Gasteiger partial charge on any atom is -0.497 e. The van der Waals surface area contributed by atoms with Crippen LogP contribution in [0.15, 0.2) is 48.9 Å². The summed E-state index contributed by atoms with van der Waals surface area (Å²) < 4.78 is 28.2. The molecule has 0 unspecified atom stereocenters. The first kappa shape index (κ1) is 25.1. The van der Waals surface area contributed by atoms with Gasteiger partial charge in [0.05, 0.1) is 55.2 Å². The molecule has 0 aliphatic heterocycles. The van der Waals surface area contributed by atoms with Gasteiger partial charge in [-0.05, 0) is 26.0 Å². The van der Waals surface area contributed by atoms with Crippen LogP contribution in [0.2, 0.25) is 5.02 Å². The van der Waals surface area contributed by atoms with E-state index in [-0.39, 0.29) is 12.7 Å². The number of anilines is 2. The highest BCUT2D eigenvalue weighted by molar-refractivity contribution is 6.33. The van der Waals surface area contributed by atoms with E-state index in [0.29, 0.717) is 56.3 Å². The number of nitrogens with one attached hydrogen (secondary N) is 1. The molecule has 9 nitrogen and oxygen atoms in total. The van der Waals surface area contributed by atoms with Gasteiger partial charge in [0.25, 0.3) is 0 Å². The SMILES string of the molecule is COc1ccc(COc2cc(OC(C)C)c3c(Nc4cc(OC)ncc4Cl)ncnc3c2)c(OC)c1. The Labute approximate surface area is 214 Å². The Morgan fingerprint density at radius 1 is 0.889 bits per heavy atom. The monoisotopic (exact) mass is 510 g/mol. The summed E-state index contributed by atoms with van der Waals surface area (Å²) in [5.41, 5.74) is 2.10. The molecule has 0 radical (unpaired) electrons. The predicted octanol–water partition coefficient (Wildman–Crippen LogP) is 5.81. The maximum absolute atomic E-state index is 6.35. The Bertz CT molecular complexity index is 1370. The molecular formula is C26H27ClN4O5. The second kappa shape index (κ2) is 11.2. The van der Waals surface area contributed by atoms with Crippen LogP contribution in [0.5, 0.6) is 28.9 Å². The van der Waals surface area contributed by atoms with Crippen LogP contribution >= 0.6 is 11.6 Å². The van der Waals surface area contributed by atoms with Crippen molar-refractivity contribution in [2.45, 2.75) is 26.6 Å². The molecular weight excluding hydrogens is 484 g/mol. The molecule has 0 fully saturated rings. The number of rotatable bonds is 10. The van der Waals surface area contributed by atoms with Crippen LogP contribution in [0.1, 0.15) is 19.4 Å². The van der Waals surface area contributed by atoms with E-state index < -0.39 is 0 Å². The molecule has 0 bridgehead atoms. The second-order valence-electron chi connectivity index (χ2n) is 8.00. The number of hydrogen-bond acceptors (Lipinski definition) is 9. The third-order valence-corrected chi connectivity index (χ3v) is 5.52. The average Bonchev–Trinajstić information content (AvgIpc) is 2.88. The molecule has 0 saturated heterocycles. The maximum atomic E-state index is 6.35. The van der Waals surface area contributed by atoms with Gasteiger partial charge in [-0.1, -0.05) is 11.6 Å². The third kappa shape index (κ3) is 5.63. The quantitative estimate of drug-likeness (QED) is 0.283. The highest BCUT2D eigenvalue weighted by atomic mass is 35.5. The number of ether oxygens (including phenoxy) is 5. The van der Waals surface area contributed by atoms with Crippen molar-refractivity contribution in [3.63, 3.8) is 0 Å². The highest BCUT2D eigenvalue weighted by Crippen LogP contribution is 2.38. The van der Waals surface area contributed by atoms with Crippen molar-refractivity contribution in [2.24, 2.45) is 0 Å². The maximum Gasteiger partial charge on any atom is 0.215 e. The Morgan fingerprint density at radius 2 is 1.69 bits per heavy atom. The normalized spacial score (nSPS) is 10.9. The van der Waals surface area contributed by atoms with E-state index in [1.807, 2.05) is 44.2 Å². The molecule has 0 spiro atoms. The average molecular weight is 511 g/mol. The van der Waals surface area contributed by atoms with Crippen molar-refractivity contribution in [3.05, 3.63) is 59.5 Å². The van der Waals surface area contributed by atoms with Crippen molar-refractivity contribution in [2.75, 3.05) is 26.6 Å². The lowest BCUT2D eigenvalue weighted by Crippen LogP contribution is -2.08. The van der Waals surface area contributed by atoms with Gasteiger partial charge in [0, 0.05) is 29.8 Å². The molecule has 2 aromatic carbocycles. The predicted molar refractivity (Wildman–Crippen MR) is 138 cm³/mol. The molecule has 0 atom stereocenters. The topological polar surface area (TPSA) is 96.9 Å². The van der Waals surface area contributed by atoms with Gasteiger partial charge in [-0.25, -0.2) is 15.0 Å². The van der Waals surface area contributed by atoms with Crippen molar-refractivity contribution >= 4 is 34.0 Å². The van der Waals surface area contributed by atoms with Crippen LogP contribution in [0.3, 0.4) is 0 Å². The van der Waals surface area contributed by atoms with Gasteiger partial charge in [-0.3, -0.25) is 0 Å². The van der Waals surface area contributed by atoms with Crippen LogP contribution < -0.4 is 29.0 Å². The van der Waals surface area contributed by atoms with E-state index in [1.165, 1.54) is 19.6 Å². The zero-order valence-corrected chi connectivity index (χ0v) is 21.4. The molecule has 2 heterocycles. The molecule has 2 aromatic heterocycles. The summed E-state index contributed by atoms with van der Waals surface area (Å²) in [7, 11) is 4.76. The van der Waals surface area contributed by atoms with Gasteiger partial charge in [0.15, 0.2) is 0 Å². The van der Waals surface area contributed by atoms with Crippen LogP contribution in [0.25, 0.3) is 10.9 Å². The smallest absolute Gasteiger partial charge is 0.215 e. The van der Waals surface area contributed by atoms with E-state index >= 15 is 0 Å². The summed E-state index contributed by atoms with van der Waals surface area (Å²) in [5.74, 6) is 3.48. The van der Waals surface area contributed by atoms with Gasteiger partial charge in [-0.2, -0.15) is 0 Å². The van der Waals surface area contributed by atoms with E-state index in [0.717, 1.165) is 5.56 Å². The van der Waals surface area contributed by atoms with E-state index in [1.54, 1.807) is 20.3 Å². The number of hydrogen-bond donors (Lipinski definition) is 1. The van der Waals surface area contributed by atoms with Gasteiger partial charge in [-0.15, -0.1) is 0 Å². The molecule has 1 N–H and O–H groups in total. The summed E-state index contributed by atoms with van der Waals surface area (Å²) in [6.07, 6.45) is 2.88. The van der Waals surface area contributed by atoms with Crippen LogP contribution in [-0.4, -0.2) is 42.4 Å². The van der Waals surface area contributed by atoms with Crippen LogP contribution in [-0.2, 0) is 6.61 Å². The summed E-state index contributed by atoms with van der Waals surface area (Å²) in [6, 6.07) is 10.9. The standard InChI is InChI=1S/C26H27ClN4O5/c1-15(2)36-23-10-18(35-13-16-6-7-17(32-3)9-22(16)33-4)8-21-25(23)26(30-14-29-21)31-20-11-24(34-5)28-12-19(20)27/h6-12,14-15H,13H2,1-5H3,(H,28,29,30,31). The van der Waals surface area contributed by atoms with Crippen LogP contribution in [0.4, 0.5) is 11.5 Å². The molecule has 0 aliphatic rings. The lowest BCUT2D eigenvalue weighted by Gasteiger charge is -2.18. The van der Waals surface area contributed by atoms with Gasteiger partial charge < -0.3 is 29.0 Å². The zero-order chi connectivity index (χ0) is 25.7. The first-order valence-electron chi connectivity index (χ1n) is 11.2. The summed E-state index contributed by atoms with van der Waals surface area (Å²) in [4.78, 5) is 13.0. The van der Waals surface area contributed by atoms with Gasteiger partial charge >= 0.3 is 0 Å².